The second kappa shape index (κ2) is 9.53. The average molecular weight is 548 g/mol. The molecule has 1 fully saturated rings. The Hall–Kier alpha value is -4.18. The van der Waals surface area contributed by atoms with Crippen LogP contribution in [0.3, 0.4) is 0 Å². The first-order valence-corrected chi connectivity index (χ1v) is 14.2. The molecule has 1 aromatic heterocycles. The van der Waals surface area contributed by atoms with Gasteiger partial charge in [-0.3, -0.25) is 9.36 Å². The summed E-state index contributed by atoms with van der Waals surface area (Å²) in [4.78, 5) is 47.8. The molecule has 0 saturated carbocycles. The lowest BCUT2D eigenvalue weighted by molar-refractivity contribution is 0.0696. The van der Waals surface area contributed by atoms with Crippen LogP contribution in [0.5, 0.6) is 0 Å². The molecular weight excluding hydrogens is 523 g/mol. The number of rotatable bonds is 7. The molecule has 12 heteroatoms. The molecule has 6 rings (SSSR count). The highest BCUT2D eigenvalue weighted by atomic mass is 31.2. The van der Waals surface area contributed by atoms with E-state index in [1.807, 2.05) is 18.2 Å². The fraction of sp³-hybridized carbons (Fsp3) is 0.222. The number of nitrogens with zero attached hydrogens (tertiary/aromatic N) is 3. The van der Waals surface area contributed by atoms with Crippen LogP contribution < -0.4 is 15.1 Å². The Bertz CT molecular complexity index is 1650. The van der Waals surface area contributed by atoms with E-state index in [1.54, 1.807) is 36.4 Å². The van der Waals surface area contributed by atoms with Crippen LogP contribution in [0.15, 0.2) is 59.1 Å². The van der Waals surface area contributed by atoms with Gasteiger partial charge < -0.3 is 34.5 Å². The van der Waals surface area contributed by atoms with Crippen molar-refractivity contribution in [2.24, 2.45) is 0 Å². The quantitative estimate of drug-likeness (QED) is 0.220. The van der Waals surface area contributed by atoms with Gasteiger partial charge in [-0.05, 0) is 30.3 Å². The van der Waals surface area contributed by atoms with Crippen LogP contribution in [0.4, 0.5) is 17.1 Å². The monoisotopic (exact) mass is 548 g/mol. The molecule has 0 unspecified atom stereocenters. The van der Waals surface area contributed by atoms with Crippen LogP contribution in [0.2, 0.25) is 0 Å². The number of aromatic carboxylic acids is 1. The molecule has 4 N–H and O–H groups in total. The number of benzene rings is 3. The molecule has 200 valence electrons. The molecule has 11 nitrogen and oxygen atoms in total. The minimum Gasteiger partial charge on any atom is -0.478 e. The minimum absolute atomic E-state index is 0.0160. The maximum atomic E-state index is 13.6. The number of aromatic nitrogens is 1. The predicted molar refractivity (Wildman–Crippen MR) is 146 cm³/mol. The maximum Gasteiger partial charge on any atom is 0.335 e. The molecule has 2 aliphatic rings. The van der Waals surface area contributed by atoms with Crippen molar-refractivity contribution in [3.63, 3.8) is 0 Å². The maximum absolute atomic E-state index is 13.6. The van der Waals surface area contributed by atoms with Gasteiger partial charge in [0, 0.05) is 55.2 Å². The van der Waals surface area contributed by atoms with Crippen LogP contribution in [0, 0.1) is 0 Å². The first kappa shape index (κ1) is 25.1. The topological polar surface area (TPSA) is 156 Å². The molecule has 0 atom stereocenters. The molecule has 4 aromatic rings. The number of ketones is 1. The Morgan fingerprint density at radius 2 is 1.67 bits per heavy atom. The second-order valence-electron chi connectivity index (χ2n) is 9.57. The highest BCUT2D eigenvalue weighted by Gasteiger charge is 2.34. The Labute approximate surface area is 222 Å². The number of carbonyl (C=O) groups excluding carboxylic acids is 1. The van der Waals surface area contributed by atoms with Crippen molar-refractivity contribution < 1.29 is 33.6 Å². The zero-order valence-corrected chi connectivity index (χ0v) is 21.6. The molecule has 0 amide bonds. The third-order valence-corrected chi connectivity index (χ3v) is 8.00. The standard InChI is InChI=1S/C27H25N4O7P/c32-25-18-3-1-2-4-19(18)26-23-22(25)20(28-9-14-39(35,36)37)15-21(24(23)29-38-26)31-12-10-30(11-13-31)17-7-5-16(6-8-17)27(33)34/h1-8,15,28H,9-14H2,(H,33,34)(H2,35,36,37). The predicted octanol–water partition coefficient (Wildman–Crippen LogP) is 3.65. The van der Waals surface area contributed by atoms with E-state index in [0.29, 0.717) is 65.2 Å². The normalized spacial score (nSPS) is 15.0. The van der Waals surface area contributed by atoms with Crippen molar-refractivity contribution in [2.45, 2.75) is 0 Å². The van der Waals surface area contributed by atoms with Crippen LogP contribution in [-0.2, 0) is 4.57 Å². The highest BCUT2D eigenvalue weighted by Crippen LogP contribution is 2.46. The summed E-state index contributed by atoms with van der Waals surface area (Å²) in [5.74, 6) is -0.677. The SMILES string of the molecule is O=C(O)c1ccc(N2CCN(c3cc(NCCP(=O)(O)O)c4c5c(onc35)-c3ccccc3C4=O)CC2)cc1. The van der Waals surface area contributed by atoms with Gasteiger partial charge in [-0.15, -0.1) is 0 Å². The molecule has 0 spiro atoms. The minimum atomic E-state index is -4.24. The number of anilines is 3. The summed E-state index contributed by atoms with van der Waals surface area (Å²) in [5, 5.41) is 17.2. The zero-order chi connectivity index (χ0) is 27.3. The summed E-state index contributed by atoms with van der Waals surface area (Å²) in [6.45, 7) is 2.58. The molecule has 39 heavy (non-hydrogen) atoms. The summed E-state index contributed by atoms with van der Waals surface area (Å²) in [5.41, 5.74) is 4.48. The molecule has 2 heterocycles. The van der Waals surface area contributed by atoms with Crippen LogP contribution >= 0.6 is 7.60 Å². The van der Waals surface area contributed by atoms with E-state index in [1.165, 1.54) is 0 Å². The first-order valence-electron chi connectivity index (χ1n) is 12.4. The number of hydrogen-bond acceptors (Lipinski definition) is 8. The smallest absolute Gasteiger partial charge is 0.335 e. The lowest BCUT2D eigenvalue weighted by atomic mass is 9.86. The number of carboxylic acid groups (broad SMARTS) is 1. The van der Waals surface area contributed by atoms with Crippen molar-refractivity contribution in [3.05, 3.63) is 71.3 Å². The van der Waals surface area contributed by atoms with E-state index in [2.05, 4.69) is 20.3 Å². The van der Waals surface area contributed by atoms with E-state index in [4.69, 9.17) is 9.63 Å². The number of carboxylic acids is 1. The fourth-order valence-corrected chi connectivity index (χ4v) is 5.68. The molecule has 1 saturated heterocycles. The second-order valence-corrected chi connectivity index (χ2v) is 11.3. The summed E-state index contributed by atoms with van der Waals surface area (Å²) in [7, 11) is -4.24. The van der Waals surface area contributed by atoms with Crippen molar-refractivity contribution in [2.75, 3.05) is 54.0 Å². The number of hydrogen-bond donors (Lipinski definition) is 4. The largest absolute Gasteiger partial charge is 0.478 e. The third-order valence-electron chi connectivity index (χ3n) is 7.20. The number of nitrogens with one attached hydrogen (secondary N) is 1. The Balaban J connectivity index is 1.35. The molecule has 1 aliphatic carbocycles. The van der Waals surface area contributed by atoms with Gasteiger partial charge in [0.15, 0.2) is 11.5 Å². The zero-order valence-electron chi connectivity index (χ0n) is 20.7. The lowest BCUT2D eigenvalue weighted by Crippen LogP contribution is -2.46. The van der Waals surface area contributed by atoms with Gasteiger partial charge in [0.2, 0.25) is 0 Å². The van der Waals surface area contributed by atoms with E-state index in [9.17, 15) is 23.9 Å². The third kappa shape index (κ3) is 4.54. The van der Waals surface area contributed by atoms with Crippen molar-refractivity contribution >= 4 is 47.3 Å². The van der Waals surface area contributed by atoms with Crippen molar-refractivity contribution in [3.8, 4) is 11.3 Å². The molecule has 1 aliphatic heterocycles. The highest BCUT2D eigenvalue weighted by molar-refractivity contribution is 7.51. The van der Waals surface area contributed by atoms with Gasteiger partial charge in [-0.2, -0.15) is 0 Å². The molecular formula is C27H25N4O7P. The number of carbonyl (C=O) groups is 2. The van der Waals surface area contributed by atoms with Gasteiger partial charge in [0.1, 0.15) is 5.52 Å². The Morgan fingerprint density at radius 3 is 2.33 bits per heavy atom. The lowest BCUT2D eigenvalue weighted by Gasteiger charge is -2.37. The number of fused-ring (bicyclic) bond motifs is 2. The van der Waals surface area contributed by atoms with Gasteiger partial charge in [0.25, 0.3) is 0 Å². The molecule has 0 radical (unpaired) electrons. The van der Waals surface area contributed by atoms with Crippen LogP contribution in [-0.4, -0.2) is 70.7 Å². The van der Waals surface area contributed by atoms with E-state index in [0.717, 1.165) is 11.4 Å². The molecule has 3 aromatic carbocycles. The van der Waals surface area contributed by atoms with E-state index < -0.39 is 13.6 Å². The van der Waals surface area contributed by atoms with Crippen LogP contribution in [0.25, 0.3) is 22.2 Å². The average Bonchev–Trinajstić information content (AvgIpc) is 3.37. The van der Waals surface area contributed by atoms with Gasteiger partial charge >= 0.3 is 13.6 Å². The summed E-state index contributed by atoms with van der Waals surface area (Å²) < 4.78 is 17.3. The van der Waals surface area contributed by atoms with Crippen molar-refractivity contribution in [1.29, 1.82) is 0 Å². The summed E-state index contributed by atoms with van der Waals surface area (Å²) in [6, 6.07) is 15.7. The summed E-state index contributed by atoms with van der Waals surface area (Å²) in [6.07, 6.45) is -0.375. The summed E-state index contributed by atoms with van der Waals surface area (Å²) >= 11 is 0. The first-order chi connectivity index (χ1) is 18.7. The van der Waals surface area contributed by atoms with Crippen molar-refractivity contribution in [1.82, 2.24) is 5.16 Å². The van der Waals surface area contributed by atoms with E-state index in [-0.39, 0.29) is 24.1 Å². The fourth-order valence-electron chi connectivity index (χ4n) is 5.28. The number of piperazine rings is 1. The van der Waals surface area contributed by atoms with Crippen LogP contribution in [0.1, 0.15) is 26.3 Å². The Kier molecular flexibility index (Phi) is 6.14. The Morgan fingerprint density at radius 1 is 1.00 bits per heavy atom. The van der Waals surface area contributed by atoms with Gasteiger partial charge in [-0.25, -0.2) is 4.79 Å². The van der Waals surface area contributed by atoms with Gasteiger partial charge in [-0.1, -0.05) is 29.4 Å². The van der Waals surface area contributed by atoms with E-state index >= 15 is 0 Å². The molecule has 0 bridgehead atoms. The van der Waals surface area contributed by atoms with Gasteiger partial charge in [0.05, 0.1) is 28.4 Å².